The molecule has 0 spiro atoms. The van der Waals surface area contributed by atoms with Crippen molar-refractivity contribution in [2.45, 2.75) is 59.9 Å². The van der Waals surface area contributed by atoms with E-state index >= 15 is 0 Å². The molecule has 0 aliphatic rings. The zero-order valence-corrected chi connectivity index (χ0v) is 24.0. The third kappa shape index (κ3) is 7.07. The molecule has 0 saturated carbocycles. The predicted octanol–water partition coefficient (Wildman–Crippen LogP) is 7.61. The fourth-order valence-electron chi connectivity index (χ4n) is 5.15. The maximum absolute atomic E-state index is 13.5. The molecule has 0 bridgehead atoms. The van der Waals surface area contributed by atoms with E-state index in [0.717, 1.165) is 71.4 Å². The first-order chi connectivity index (χ1) is 18.9. The lowest BCUT2D eigenvalue weighted by Crippen LogP contribution is -2.28. The van der Waals surface area contributed by atoms with Gasteiger partial charge in [0.25, 0.3) is 5.91 Å². The van der Waals surface area contributed by atoms with Crippen LogP contribution >= 0.6 is 0 Å². The van der Waals surface area contributed by atoms with Gasteiger partial charge in [-0.15, -0.1) is 0 Å². The van der Waals surface area contributed by atoms with E-state index in [0.29, 0.717) is 5.56 Å². The number of benzene rings is 2. The molecule has 0 radical (unpaired) electrons. The first kappa shape index (κ1) is 28.4. The fraction of sp³-hybridized carbons (Fsp3) is 0.394. The van der Waals surface area contributed by atoms with Crippen LogP contribution in [-0.2, 0) is 6.54 Å². The van der Waals surface area contributed by atoms with Crippen molar-refractivity contribution in [3.8, 4) is 17.0 Å². The molecule has 0 atom stereocenters. The van der Waals surface area contributed by atoms with E-state index in [9.17, 15) is 4.79 Å². The number of pyridine rings is 1. The van der Waals surface area contributed by atoms with Crippen molar-refractivity contribution in [2.75, 3.05) is 25.5 Å². The summed E-state index contributed by atoms with van der Waals surface area (Å²) in [5.41, 5.74) is 6.42. The predicted molar refractivity (Wildman–Crippen MR) is 161 cm³/mol. The van der Waals surface area contributed by atoms with E-state index in [4.69, 9.17) is 9.72 Å². The summed E-state index contributed by atoms with van der Waals surface area (Å²) in [6, 6.07) is 17.7. The highest BCUT2D eigenvalue weighted by molar-refractivity contribution is 6.05. The minimum Gasteiger partial charge on any atom is -0.497 e. The van der Waals surface area contributed by atoms with Crippen molar-refractivity contribution < 1.29 is 9.53 Å². The summed E-state index contributed by atoms with van der Waals surface area (Å²) < 4.78 is 7.55. The number of rotatable bonds is 13. The number of amides is 1. The van der Waals surface area contributed by atoms with Gasteiger partial charge in [0.15, 0.2) is 0 Å². The zero-order chi connectivity index (χ0) is 27.8. The van der Waals surface area contributed by atoms with Crippen molar-refractivity contribution in [1.29, 1.82) is 0 Å². The van der Waals surface area contributed by atoms with Gasteiger partial charge in [0, 0.05) is 35.8 Å². The highest BCUT2D eigenvalue weighted by Crippen LogP contribution is 2.25. The minimum atomic E-state index is -0.111. The van der Waals surface area contributed by atoms with Crippen LogP contribution < -0.4 is 10.1 Å². The Hall–Kier alpha value is -3.64. The molecule has 1 amide bonds. The number of aromatic nitrogens is 2. The SMILES string of the molecule is CCCN(CCC(CC)CC)Cc1cc(OC)ccc1C(=O)Nc1ccc(-c2cn3cccc(C)c3n2)cc1. The first-order valence-electron chi connectivity index (χ1n) is 14.2. The average molecular weight is 527 g/mol. The van der Waals surface area contributed by atoms with Gasteiger partial charge in [0.05, 0.1) is 12.8 Å². The van der Waals surface area contributed by atoms with Crippen molar-refractivity contribution >= 4 is 17.2 Å². The Kier molecular flexibility index (Phi) is 9.77. The lowest BCUT2D eigenvalue weighted by molar-refractivity contribution is 0.102. The molecular formula is C33H42N4O2. The summed E-state index contributed by atoms with van der Waals surface area (Å²) in [7, 11) is 1.67. The van der Waals surface area contributed by atoms with Gasteiger partial charge in [0.1, 0.15) is 11.4 Å². The Morgan fingerprint density at radius 2 is 1.82 bits per heavy atom. The van der Waals surface area contributed by atoms with Crippen LogP contribution in [0.5, 0.6) is 5.75 Å². The standard InChI is InChI=1S/C33H42N4O2/c1-6-18-36(20-17-25(7-2)8-3)22-27-21-29(39-5)15-16-30(27)33(38)34-28-13-11-26(12-14-28)31-23-37-19-9-10-24(4)32(37)35-31/h9-16,19,21,23,25H,6-8,17-18,20,22H2,1-5H3,(H,34,38). The normalized spacial score (nSPS) is 11.5. The number of ether oxygens (including phenoxy) is 1. The van der Waals surface area contributed by atoms with E-state index in [1.165, 1.54) is 19.3 Å². The number of imidazole rings is 1. The largest absolute Gasteiger partial charge is 0.497 e. The molecule has 4 rings (SSSR count). The number of nitrogens with zero attached hydrogens (tertiary/aromatic N) is 3. The van der Waals surface area contributed by atoms with Gasteiger partial charge in [-0.25, -0.2) is 4.98 Å². The molecule has 4 aromatic rings. The van der Waals surface area contributed by atoms with Crippen LogP contribution in [0.25, 0.3) is 16.9 Å². The number of carbonyl (C=O) groups is 1. The van der Waals surface area contributed by atoms with Crippen molar-refractivity contribution in [3.63, 3.8) is 0 Å². The summed E-state index contributed by atoms with van der Waals surface area (Å²) in [6.07, 6.45) is 8.71. The van der Waals surface area contributed by atoms with Crippen LogP contribution in [0.1, 0.15) is 67.9 Å². The van der Waals surface area contributed by atoms with Gasteiger partial charge in [0.2, 0.25) is 0 Å². The average Bonchev–Trinajstić information content (AvgIpc) is 3.40. The summed E-state index contributed by atoms with van der Waals surface area (Å²) in [5, 5.41) is 3.10. The monoisotopic (exact) mass is 526 g/mol. The zero-order valence-electron chi connectivity index (χ0n) is 24.0. The molecule has 0 aliphatic carbocycles. The Morgan fingerprint density at radius 3 is 2.49 bits per heavy atom. The van der Waals surface area contributed by atoms with Crippen molar-refractivity contribution in [3.05, 3.63) is 83.7 Å². The Labute approximate surface area is 233 Å². The van der Waals surface area contributed by atoms with Crippen LogP contribution in [0, 0.1) is 12.8 Å². The minimum absolute atomic E-state index is 0.111. The topological polar surface area (TPSA) is 58.9 Å². The molecule has 0 unspecified atom stereocenters. The molecular weight excluding hydrogens is 484 g/mol. The Morgan fingerprint density at radius 1 is 1.05 bits per heavy atom. The van der Waals surface area contributed by atoms with Gasteiger partial charge in [-0.3, -0.25) is 9.69 Å². The molecule has 1 N–H and O–H groups in total. The molecule has 0 saturated heterocycles. The molecule has 6 nitrogen and oxygen atoms in total. The van der Waals surface area contributed by atoms with E-state index in [1.54, 1.807) is 7.11 Å². The lowest BCUT2D eigenvalue weighted by atomic mass is 9.99. The van der Waals surface area contributed by atoms with Gasteiger partial charge in [-0.2, -0.15) is 0 Å². The van der Waals surface area contributed by atoms with Gasteiger partial charge < -0.3 is 14.5 Å². The number of anilines is 1. The highest BCUT2D eigenvalue weighted by Gasteiger charge is 2.17. The number of methoxy groups -OCH3 is 1. The molecule has 2 aromatic carbocycles. The third-order valence-corrected chi connectivity index (χ3v) is 7.62. The van der Waals surface area contributed by atoms with Gasteiger partial charge >= 0.3 is 0 Å². The van der Waals surface area contributed by atoms with Crippen LogP contribution in [0.3, 0.4) is 0 Å². The molecule has 206 valence electrons. The van der Waals surface area contributed by atoms with Crippen LogP contribution in [0.15, 0.2) is 67.0 Å². The first-order valence-corrected chi connectivity index (χ1v) is 14.2. The number of aryl methyl sites for hydroxylation is 1. The number of fused-ring (bicyclic) bond motifs is 1. The van der Waals surface area contributed by atoms with Crippen LogP contribution in [0.4, 0.5) is 5.69 Å². The fourth-order valence-corrected chi connectivity index (χ4v) is 5.15. The summed E-state index contributed by atoms with van der Waals surface area (Å²) in [6.45, 7) is 11.6. The number of carbonyl (C=O) groups excluding carboxylic acids is 1. The number of nitrogens with one attached hydrogen (secondary N) is 1. The maximum atomic E-state index is 13.5. The summed E-state index contributed by atoms with van der Waals surface area (Å²) in [4.78, 5) is 20.7. The van der Waals surface area contributed by atoms with Gasteiger partial charge in [-0.1, -0.05) is 51.8 Å². The number of hydrogen-bond donors (Lipinski definition) is 1. The Balaban J connectivity index is 1.50. The Bertz CT molecular complexity index is 1370. The highest BCUT2D eigenvalue weighted by atomic mass is 16.5. The van der Waals surface area contributed by atoms with Crippen molar-refractivity contribution in [1.82, 2.24) is 14.3 Å². The molecule has 0 fully saturated rings. The van der Waals surface area contributed by atoms with Gasteiger partial charge in [-0.05, 0) is 86.3 Å². The molecule has 2 heterocycles. The van der Waals surface area contributed by atoms with E-state index in [2.05, 4.69) is 44.0 Å². The van der Waals surface area contributed by atoms with E-state index in [1.807, 2.05) is 65.3 Å². The maximum Gasteiger partial charge on any atom is 0.255 e. The summed E-state index contributed by atoms with van der Waals surface area (Å²) >= 11 is 0. The third-order valence-electron chi connectivity index (χ3n) is 7.62. The smallest absolute Gasteiger partial charge is 0.255 e. The van der Waals surface area contributed by atoms with Crippen LogP contribution in [-0.4, -0.2) is 40.4 Å². The second kappa shape index (κ2) is 13.4. The molecule has 0 aliphatic heterocycles. The lowest BCUT2D eigenvalue weighted by Gasteiger charge is -2.25. The molecule has 6 heteroatoms. The molecule has 39 heavy (non-hydrogen) atoms. The summed E-state index contributed by atoms with van der Waals surface area (Å²) in [5.74, 6) is 1.40. The van der Waals surface area contributed by atoms with E-state index in [-0.39, 0.29) is 5.91 Å². The second-order valence-electron chi connectivity index (χ2n) is 10.4. The van der Waals surface area contributed by atoms with E-state index < -0.39 is 0 Å². The van der Waals surface area contributed by atoms with Crippen LogP contribution in [0.2, 0.25) is 0 Å². The van der Waals surface area contributed by atoms with Crippen molar-refractivity contribution in [2.24, 2.45) is 5.92 Å². The molecule has 2 aromatic heterocycles. The quantitative estimate of drug-likeness (QED) is 0.195. The second-order valence-corrected chi connectivity index (χ2v) is 10.4. The number of hydrogen-bond acceptors (Lipinski definition) is 4.